The van der Waals surface area contributed by atoms with E-state index in [0.717, 1.165) is 18.0 Å². The van der Waals surface area contributed by atoms with Crippen LogP contribution >= 0.6 is 23.4 Å². The van der Waals surface area contributed by atoms with Crippen molar-refractivity contribution in [1.82, 2.24) is 9.97 Å². The number of hydrogen-bond acceptors (Lipinski definition) is 8. The monoisotopic (exact) mass is 495 g/mol. The van der Waals surface area contributed by atoms with Crippen molar-refractivity contribution in [2.24, 2.45) is 0 Å². The summed E-state index contributed by atoms with van der Waals surface area (Å²) in [5.74, 6) is 0.431. The molecule has 2 aromatic carbocycles. The summed E-state index contributed by atoms with van der Waals surface area (Å²) in [4.78, 5) is 30.4. The van der Waals surface area contributed by atoms with Gasteiger partial charge in [-0.1, -0.05) is 23.4 Å². The molecule has 1 aromatic heterocycles. The van der Waals surface area contributed by atoms with Crippen molar-refractivity contribution in [2.45, 2.75) is 14.9 Å². The first kappa shape index (κ1) is 23.6. The minimum atomic E-state index is -4.07. The number of carbonyl (C=O) groups excluding carboxylic acids is 1. The van der Waals surface area contributed by atoms with Gasteiger partial charge in [-0.2, -0.15) is 0 Å². The summed E-state index contributed by atoms with van der Waals surface area (Å²) in [6, 6.07) is 10.4. The van der Waals surface area contributed by atoms with E-state index in [9.17, 15) is 18.0 Å². The molecule has 168 valence electrons. The predicted octanol–water partition coefficient (Wildman–Crippen LogP) is 3.00. The third-order valence-electron chi connectivity index (χ3n) is 4.18. The molecule has 0 aliphatic heterocycles. The number of aromatic nitrogens is 2. The molecular weight excluding hydrogens is 478 g/mol. The number of halogens is 1. The third-order valence-corrected chi connectivity index (χ3v) is 7.06. The lowest BCUT2D eigenvalue weighted by Gasteiger charge is -2.10. The average Bonchev–Trinajstić information content (AvgIpc) is 2.78. The van der Waals surface area contributed by atoms with Gasteiger partial charge in [-0.25, -0.2) is 13.4 Å². The molecule has 3 rings (SSSR count). The Kier molecular flexibility index (Phi) is 7.44. The van der Waals surface area contributed by atoms with Crippen molar-refractivity contribution in [3.05, 3.63) is 64.0 Å². The molecule has 2 N–H and O–H groups in total. The Morgan fingerprint density at radius 3 is 2.50 bits per heavy atom. The van der Waals surface area contributed by atoms with E-state index >= 15 is 0 Å². The quantitative estimate of drug-likeness (QED) is 0.360. The maximum absolute atomic E-state index is 12.7. The highest BCUT2D eigenvalue weighted by Crippen LogP contribution is 2.28. The fourth-order valence-electron chi connectivity index (χ4n) is 2.61. The van der Waals surface area contributed by atoms with Gasteiger partial charge in [0.1, 0.15) is 11.5 Å². The molecule has 32 heavy (non-hydrogen) atoms. The standard InChI is InChI=1S/C20H18ClN3O6S2/c1-29-13-4-6-14(7-5-13)32(27,28)17-10-22-20(24-19(17)26)31-11-18(25)23-15-9-12(21)3-8-16(15)30-2/h3-10H,11H2,1-2H3,(H,23,25)(H,22,24,26). The van der Waals surface area contributed by atoms with Crippen molar-refractivity contribution < 1.29 is 22.7 Å². The molecule has 0 aliphatic rings. The number of carbonyl (C=O) groups is 1. The maximum atomic E-state index is 12.7. The van der Waals surface area contributed by atoms with Gasteiger partial charge in [0, 0.05) is 5.02 Å². The summed E-state index contributed by atoms with van der Waals surface area (Å²) in [5, 5.41) is 3.18. The minimum Gasteiger partial charge on any atom is -0.497 e. The molecule has 0 aliphatic carbocycles. The van der Waals surface area contributed by atoms with Gasteiger partial charge in [-0.05, 0) is 42.5 Å². The molecule has 1 amide bonds. The van der Waals surface area contributed by atoms with Crippen LogP contribution in [-0.2, 0) is 14.6 Å². The van der Waals surface area contributed by atoms with E-state index in [2.05, 4.69) is 15.3 Å². The van der Waals surface area contributed by atoms with Gasteiger partial charge < -0.3 is 19.8 Å². The van der Waals surface area contributed by atoms with Gasteiger partial charge >= 0.3 is 0 Å². The number of anilines is 1. The predicted molar refractivity (Wildman–Crippen MR) is 121 cm³/mol. The fraction of sp³-hybridized carbons (Fsp3) is 0.150. The van der Waals surface area contributed by atoms with E-state index in [0.29, 0.717) is 22.2 Å². The number of methoxy groups -OCH3 is 2. The number of hydrogen-bond donors (Lipinski definition) is 2. The summed E-state index contributed by atoms with van der Waals surface area (Å²) in [7, 11) is -1.15. The fourth-order valence-corrected chi connectivity index (χ4v) is 4.65. The summed E-state index contributed by atoms with van der Waals surface area (Å²) >= 11 is 6.88. The Morgan fingerprint density at radius 2 is 1.88 bits per heavy atom. The first-order valence-corrected chi connectivity index (χ1v) is 11.8. The van der Waals surface area contributed by atoms with E-state index < -0.39 is 26.2 Å². The lowest BCUT2D eigenvalue weighted by molar-refractivity contribution is -0.113. The normalized spacial score (nSPS) is 11.1. The van der Waals surface area contributed by atoms with E-state index in [-0.39, 0.29) is 15.8 Å². The van der Waals surface area contributed by atoms with Crippen LogP contribution in [0.15, 0.2) is 68.4 Å². The van der Waals surface area contributed by atoms with Crippen LogP contribution in [0.5, 0.6) is 11.5 Å². The highest BCUT2D eigenvalue weighted by Gasteiger charge is 2.22. The summed E-state index contributed by atoms with van der Waals surface area (Å²) in [5.41, 5.74) is -0.441. The Labute approximate surface area is 193 Å². The molecule has 0 atom stereocenters. The minimum absolute atomic E-state index is 0.0687. The van der Waals surface area contributed by atoms with Gasteiger partial charge in [-0.15, -0.1) is 0 Å². The molecule has 0 bridgehead atoms. The van der Waals surface area contributed by atoms with E-state index in [1.807, 2.05) is 0 Å². The van der Waals surface area contributed by atoms with Crippen LogP contribution in [0, 0.1) is 0 Å². The molecule has 0 fully saturated rings. The number of H-pyrrole nitrogens is 1. The highest BCUT2D eigenvalue weighted by molar-refractivity contribution is 7.99. The Morgan fingerprint density at radius 1 is 1.16 bits per heavy atom. The van der Waals surface area contributed by atoms with Crippen LogP contribution in [0.4, 0.5) is 5.69 Å². The van der Waals surface area contributed by atoms with Gasteiger partial charge in [0.25, 0.3) is 5.56 Å². The molecule has 3 aromatic rings. The lowest BCUT2D eigenvalue weighted by Crippen LogP contribution is -2.20. The van der Waals surface area contributed by atoms with Crippen molar-refractivity contribution in [3.8, 4) is 11.5 Å². The lowest BCUT2D eigenvalue weighted by atomic mass is 10.3. The van der Waals surface area contributed by atoms with Gasteiger partial charge in [-0.3, -0.25) is 9.59 Å². The molecule has 0 saturated carbocycles. The SMILES string of the molecule is COc1ccc(S(=O)(=O)c2cnc(SCC(=O)Nc3cc(Cl)ccc3OC)[nH]c2=O)cc1. The summed E-state index contributed by atoms with van der Waals surface area (Å²) in [6.45, 7) is 0. The van der Waals surface area contributed by atoms with Crippen LogP contribution < -0.4 is 20.3 Å². The Bertz CT molecular complexity index is 1290. The number of nitrogens with one attached hydrogen (secondary N) is 2. The van der Waals surface area contributed by atoms with Crippen molar-refractivity contribution in [1.29, 1.82) is 0 Å². The molecular formula is C20H18ClN3O6S2. The van der Waals surface area contributed by atoms with Gasteiger partial charge in [0.2, 0.25) is 15.7 Å². The number of nitrogens with zero attached hydrogens (tertiary/aromatic N) is 1. The second kappa shape index (κ2) is 10.1. The number of aromatic amines is 1. The number of rotatable bonds is 8. The number of ether oxygens (including phenoxy) is 2. The maximum Gasteiger partial charge on any atom is 0.270 e. The topological polar surface area (TPSA) is 127 Å². The van der Waals surface area contributed by atoms with Gasteiger partial charge in [0.05, 0.1) is 36.8 Å². The van der Waals surface area contributed by atoms with Crippen LogP contribution in [0.2, 0.25) is 5.02 Å². The van der Waals surface area contributed by atoms with E-state index in [1.165, 1.54) is 38.5 Å². The zero-order valence-electron chi connectivity index (χ0n) is 16.9. The Hall–Kier alpha value is -3.02. The second-order valence-corrected chi connectivity index (χ2v) is 9.56. The van der Waals surface area contributed by atoms with Crippen LogP contribution in [0.1, 0.15) is 0 Å². The van der Waals surface area contributed by atoms with Crippen LogP contribution in [0.25, 0.3) is 0 Å². The number of benzene rings is 2. The van der Waals surface area contributed by atoms with Crippen molar-refractivity contribution in [3.63, 3.8) is 0 Å². The zero-order valence-corrected chi connectivity index (χ0v) is 19.3. The molecule has 0 spiro atoms. The summed E-state index contributed by atoms with van der Waals surface area (Å²) in [6.07, 6.45) is 0.971. The van der Waals surface area contributed by atoms with Crippen LogP contribution in [-0.4, -0.2) is 44.3 Å². The molecule has 1 heterocycles. The molecule has 12 heteroatoms. The number of sulfone groups is 1. The molecule has 9 nitrogen and oxygen atoms in total. The highest BCUT2D eigenvalue weighted by atomic mass is 35.5. The molecule has 0 unspecified atom stereocenters. The first-order chi connectivity index (χ1) is 15.2. The summed E-state index contributed by atoms with van der Waals surface area (Å²) < 4.78 is 35.6. The number of thioether (sulfide) groups is 1. The average molecular weight is 496 g/mol. The smallest absolute Gasteiger partial charge is 0.270 e. The second-order valence-electron chi connectivity index (χ2n) is 6.24. The van der Waals surface area contributed by atoms with E-state index in [4.69, 9.17) is 21.1 Å². The van der Waals surface area contributed by atoms with E-state index in [1.54, 1.807) is 18.2 Å². The first-order valence-electron chi connectivity index (χ1n) is 8.99. The van der Waals surface area contributed by atoms with Gasteiger partial charge in [0.15, 0.2) is 10.1 Å². The van der Waals surface area contributed by atoms with Crippen molar-refractivity contribution in [2.75, 3.05) is 25.3 Å². The van der Waals surface area contributed by atoms with Crippen LogP contribution in [0.3, 0.4) is 0 Å². The zero-order chi connectivity index (χ0) is 23.3. The third kappa shape index (κ3) is 5.42. The molecule has 0 saturated heterocycles. The Balaban J connectivity index is 1.71. The number of amides is 1. The van der Waals surface area contributed by atoms with Crippen molar-refractivity contribution >= 4 is 44.8 Å². The largest absolute Gasteiger partial charge is 0.497 e. The molecule has 0 radical (unpaired) electrons.